The third-order valence-electron chi connectivity index (χ3n) is 2.37. The van der Waals surface area contributed by atoms with Crippen LogP contribution in [0.3, 0.4) is 0 Å². The fourth-order valence-electron chi connectivity index (χ4n) is 1.26. The van der Waals surface area contributed by atoms with Crippen molar-refractivity contribution in [2.75, 3.05) is 31.6 Å². The van der Waals surface area contributed by atoms with E-state index in [-0.39, 0.29) is 5.91 Å². The summed E-state index contributed by atoms with van der Waals surface area (Å²) in [6, 6.07) is 0.509. The van der Waals surface area contributed by atoms with Gasteiger partial charge in [0.2, 0.25) is 5.91 Å². The SMILES string of the molecule is C#CCSCCNCC(=O)N(C)C1CC1. The molecule has 0 radical (unpaired) electrons. The summed E-state index contributed by atoms with van der Waals surface area (Å²) < 4.78 is 0. The van der Waals surface area contributed by atoms with Crippen molar-refractivity contribution in [2.24, 2.45) is 0 Å². The summed E-state index contributed by atoms with van der Waals surface area (Å²) >= 11 is 1.71. The molecule has 1 aliphatic carbocycles. The predicted octanol–water partition coefficient (Wildman–Crippen LogP) is 0.563. The Morgan fingerprint density at radius 1 is 1.67 bits per heavy atom. The van der Waals surface area contributed by atoms with Gasteiger partial charge in [0.05, 0.1) is 12.3 Å². The van der Waals surface area contributed by atoms with E-state index in [1.807, 2.05) is 11.9 Å². The van der Waals surface area contributed by atoms with E-state index in [1.165, 1.54) is 12.8 Å². The zero-order valence-electron chi connectivity index (χ0n) is 9.16. The minimum atomic E-state index is 0.194. The van der Waals surface area contributed by atoms with Crippen LogP contribution in [-0.4, -0.2) is 48.5 Å². The highest BCUT2D eigenvalue weighted by molar-refractivity contribution is 7.99. The summed E-state index contributed by atoms with van der Waals surface area (Å²) in [7, 11) is 1.88. The molecule has 1 amide bonds. The Balaban J connectivity index is 1.95. The van der Waals surface area contributed by atoms with Gasteiger partial charge in [-0.1, -0.05) is 5.92 Å². The average Bonchev–Trinajstić information content (AvgIpc) is 3.05. The maximum Gasteiger partial charge on any atom is 0.236 e. The number of rotatable bonds is 7. The van der Waals surface area contributed by atoms with E-state index in [0.29, 0.717) is 12.6 Å². The van der Waals surface area contributed by atoms with Crippen LogP contribution in [0.1, 0.15) is 12.8 Å². The smallest absolute Gasteiger partial charge is 0.236 e. The van der Waals surface area contributed by atoms with E-state index < -0.39 is 0 Å². The Labute approximate surface area is 96.0 Å². The predicted molar refractivity (Wildman–Crippen MR) is 64.8 cm³/mol. The molecule has 0 aliphatic heterocycles. The van der Waals surface area contributed by atoms with E-state index in [4.69, 9.17) is 6.42 Å². The normalized spacial score (nSPS) is 14.7. The molecule has 1 N–H and O–H groups in total. The number of likely N-dealkylation sites (N-methyl/N-ethyl adjacent to an activating group) is 1. The van der Waals surface area contributed by atoms with Crippen LogP contribution in [0.25, 0.3) is 0 Å². The molecule has 0 spiro atoms. The Hall–Kier alpha value is -0.660. The molecule has 0 aromatic carbocycles. The van der Waals surface area contributed by atoms with Gasteiger partial charge in [-0.05, 0) is 12.8 Å². The number of hydrogen-bond donors (Lipinski definition) is 1. The monoisotopic (exact) mass is 226 g/mol. The van der Waals surface area contributed by atoms with Crippen LogP contribution >= 0.6 is 11.8 Å². The molecule has 1 aliphatic rings. The Morgan fingerprint density at radius 3 is 3.00 bits per heavy atom. The first-order valence-electron chi connectivity index (χ1n) is 5.23. The Morgan fingerprint density at radius 2 is 2.40 bits per heavy atom. The molecule has 84 valence electrons. The minimum Gasteiger partial charge on any atom is -0.342 e. The molecule has 0 aromatic heterocycles. The van der Waals surface area contributed by atoms with E-state index in [9.17, 15) is 4.79 Å². The largest absolute Gasteiger partial charge is 0.342 e. The van der Waals surface area contributed by atoms with Crippen molar-refractivity contribution in [3.63, 3.8) is 0 Å². The lowest BCUT2D eigenvalue weighted by atomic mass is 10.4. The van der Waals surface area contributed by atoms with Crippen molar-refractivity contribution in [1.29, 1.82) is 0 Å². The van der Waals surface area contributed by atoms with Crippen LogP contribution < -0.4 is 5.32 Å². The van der Waals surface area contributed by atoms with Gasteiger partial charge in [-0.25, -0.2) is 0 Å². The number of carbonyl (C=O) groups excluding carboxylic acids is 1. The second-order valence-electron chi connectivity index (χ2n) is 3.67. The van der Waals surface area contributed by atoms with Crippen LogP contribution in [0.5, 0.6) is 0 Å². The average molecular weight is 226 g/mol. The first-order chi connectivity index (χ1) is 7.25. The molecule has 0 bridgehead atoms. The minimum absolute atomic E-state index is 0.194. The summed E-state index contributed by atoms with van der Waals surface area (Å²) in [6.07, 6.45) is 7.45. The lowest BCUT2D eigenvalue weighted by molar-refractivity contribution is -0.129. The highest BCUT2D eigenvalue weighted by Crippen LogP contribution is 2.24. The topological polar surface area (TPSA) is 32.3 Å². The molecule has 0 unspecified atom stereocenters. The first-order valence-corrected chi connectivity index (χ1v) is 6.38. The van der Waals surface area contributed by atoms with Crippen LogP contribution in [0, 0.1) is 12.3 Å². The third-order valence-corrected chi connectivity index (χ3v) is 3.24. The highest BCUT2D eigenvalue weighted by Gasteiger charge is 2.28. The molecule has 1 fully saturated rings. The van der Waals surface area contributed by atoms with Crippen LogP contribution in [-0.2, 0) is 4.79 Å². The van der Waals surface area contributed by atoms with Gasteiger partial charge in [0.15, 0.2) is 0 Å². The Kier molecular flexibility index (Phi) is 5.59. The number of nitrogens with one attached hydrogen (secondary N) is 1. The van der Waals surface area contributed by atoms with E-state index in [2.05, 4.69) is 11.2 Å². The molecule has 1 rings (SSSR count). The molecule has 15 heavy (non-hydrogen) atoms. The summed E-state index contributed by atoms with van der Waals surface area (Å²) in [6.45, 7) is 1.29. The number of thioether (sulfide) groups is 1. The lowest BCUT2D eigenvalue weighted by Gasteiger charge is -2.16. The van der Waals surface area contributed by atoms with E-state index >= 15 is 0 Å². The number of carbonyl (C=O) groups is 1. The molecule has 0 atom stereocenters. The van der Waals surface area contributed by atoms with E-state index in [0.717, 1.165) is 18.1 Å². The Bertz CT molecular complexity index is 245. The number of hydrogen-bond acceptors (Lipinski definition) is 3. The van der Waals surface area contributed by atoms with Crippen LogP contribution in [0.15, 0.2) is 0 Å². The molecular formula is C11H18N2OS. The van der Waals surface area contributed by atoms with Crippen LogP contribution in [0.4, 0.5) is 0 Å². The molecule has 0 aromatic rings. The van der Waals surface area contributed by atoms with Crippen molar-refractivity contribution in [3.05, 3.63) is 0 Å². The van der Waals surface area contributed by atoms with Crippen LogP contribution in [0.2, 0.25) is 0 Å². The number of nitrogens with zero attached hydrogens (tertiary/aromatic N) is 1. The van der Waals surface area contributed by atoms with Gasteiger partial charge < -0.3 is 10.2 Å². The highest BCUT2D eigenvalue weighted by atomic mass is 32.2. The van der Waals surface area contributed by atoms with Crippen molar-refractivity contribution in [3.8, 4) is 12.3 Å². The second-order valence-corrected chi connectivity index (χ2v) is 4.77. The maximum atomic E-state index is 11.5. The van der Waals surface area contributed by atoms with Gasteiger partial charge in [-0.15, -0.1) is 18.2 Å². The molecule has 4 heteroatoms. The molecular weight excluding hydrogens is 208 g/mol. The molecule has 0 heterocycles. The molecule has 3 nitrogen and oxygen atoms in total. The fourth-order valence-corrected chi connectivity index (χ4v) is 1.81. The lowest BCUT2D eigenvalue weighted by Crippen LogP contribution is -2.37. The first kappa shape index (κ1) is 12.4. The third kappa shape index (κ3) is 5.10. The number of amides is 1. The summed E-state index contributed by atoms with van der Waals surface area (Å²) in [5, 5.41) is 3.13. The van der Waals surface area contributed by atoms with Gasteiger partial charge in [-0.2, -0.15) is 0 Å². The molecule has 0 saturated heterocycles. The van der Waals surface area contributed by atoms with E-state index in [1.54, 1.807) is 11.8 Å². The quantitative estimate of drug-likeness (QED) is 0.509. The summed E-state index contributed by atoms with van der Waals surface area (Å²) in [4.78, 5) is 13.4. The maximum absolute atomic E-state index is 11.5. The fraction of sp³-hybridized carbons (Fsp3) is 0.727. The van der Waals surface area contributed by atoms with Crippen molar-refractivity contribution in [1.82, 2.24) is 10.2 Å². The summed E-state index contributed by atoms with van der Waals surface area (Å²) in [5.41, 5.74) is 0. The van der Waals surface area contributed by atoms with Gasteiger partial charge in [0, 0.05) is 25.4 Å². The van der Waals surface area contributed by atoms with Gasteiger partial charge in [0.1, 0.15) is 0 Å². The van der Waals surface area contributed by atoms with Gasteiger partial charge in [0.25, 0.3) is 0 Å². The zero-order valence-corrected chi connectivity index (χ0v) is 9.98. The standard InChI is InChI=1S/C11H18N2OS/c1-3-7-15-8-6-12-9-11(14)13(2)10-4-5-10/h1,10,12H,4-9H2,2H3. The van der Waals surface area contributed by atoms with Gasteiger partial charge in [-0.3, -0.25) is 4.79 Å². The van der Waals surface area contributed by atoms with Crippen molar-refractivity contribution < 1.29 is 4.79 Å². The number of terminal acetylenes is 1. The zero-order chi connectivity index (χ0) is 11.1. The van der Waals surface area contributed by atoms with Crippen molar-refractivity contribution in [2.45, 2.75) is 18.9 Å². The summed E-state index contributed by atoms with van der Waals surface area (Å²) in [5.74, 6) is 4.47. The van der Waals surface area contributed by atoms with Gasteiger partial charge >= 0.3 is 0 Å². The molecule has 1 saturated carbocycles. The second kappa shape index (κ2) is 6.76. The van der Waals surface area contributed by atoms with Crippen molar-refractivity contribution >= 4 is 17.7 Å².